The van der Waals surface area contributed by atoms with Gasteiger partial charge in [0.2, 0.25) is 5.95 Å². The van der Waals surface area contributed by atoms with Crippen LogP contribution in [0.2, 0.25) is 0 Å². The number of benzene rings is 1. The molecule has 0 fully saturated rings. The van der Waals surface area contributed by atoms with E-state index in [9.17, 15) is 4.79 Å². The Kier molecular flexibility index (Phi) is 3.36. The highest BCUT2D eigenvalue weighted by Gasteiger charge is 2.23. The van der Waals surface area contributed by atoms with Crippen molar-refractivity contribution in [3.8, 4) is 0 Å². The van der Waals surface area contributed by atoms with E-state index in [4.69, 9.17) is 0 Å². The van der Waals surface area contributed by atoms with Gasteiger partial charge in [-0.15, -0.1) is 0 Å². The molecule has 0 aliphatic rings. The van der Waals surface area contributed by atoms with Crippen LogP contribution in [-0.2, 0) is 0 Å². The third-order valence-corrected chi connectivity index (χ3v) is 2.92. The van der Waals surface area contributed by atoms with E-state index in [0.717, 1.165) is 22.5 Å². The fourth-order valence-corrected chi connectivity index (χ4v) is 2.00. The van der Waals surface area contributed by atoms with Crippen molar-refractivity contribution in [3.63, 3.8) is 0 Å². The predicted molar refractivity (Wildman–Crippen MR) is 83.3 cm³/mol. The van der Waals surface area contributed by atoms with Crippen molar-refractivity contribution in [3.05, 3.63) is 23.8 Å². The highest BCUT2D eigenvalue weighted by atomic mass is 16.1. The fraction of sp³-hybridized carbons (Fsp3) is 0.500. The van der Waals surface area contributed by atoms with Gasteiger partial charge in [-0.2, -0.15) is 0 Å². The minimum Gasteiger partial charge on any atom is -0.351 e. The minimum atomic E-state index is -0.375. The van der Waals surface area contributed by atoms with Gasteiger partial charge in [0.1, 0.15) is 0 Å². The van der Waals surface area contributed by atoms with Crippen molar-refractivity contribution in [2.45, 2.75) is 47.1 Å². The number of carbonyl (C=O) groups is 1. The summed E-state index contributed by atoms with van der Waals surface area (Å²) < 4.78 is 0. The Morgan fingerprint density at radius 2 is 1.80 bits per heavy atom. The second-order valence-corrected chi connectivity index (χ2v) is 7.27. The highest BCUT2D eigenvalue weighted by molar-refractivity contribution is 6.02. The number of imidazole rings is 1. The molecule has 4 heteroatoms. The van der Waals surface area contributed by atoms with Crippen LogP contribution in [0.1, 0.15) is 51.9 Å². The third kappa shape index (κ3) is 3.18. The van der Waals surface area contributed by atoms with E-state index < -0.39 is 0 Å². The molecule has 0 amide bonds. The number of hydrogen-bond acceptors (Lipinski definition) is 3. The maximum absolute atomic E-state index is 12.3. The van der Waals surface area contributed by atoms with E-state index in [2.05, 4.69) is 36.1 Å². The first kappa shape index (κ1) is 14.6. The summed E-state index contributed by atoms with van der Waals surface area (Å²) in [5.41, 5.74) is 2.03. The summed E-state index contributed by atoms with van der Waals surface area (Å²) in [6.07, 6.45) is 0. The zero-order chi connectivity index (χ0) is 15.1. The summed E-state index contributed by atoms with van der Waals surface area (Å²) >= 11 is 0. The molecule has 0 bridgehead atoms. The van der Waals surface area contributed by atoms with E-state index in [0.29, 0.717) is 0 Å². The first-order valence-corrected chi connectivity index (χ1v) is 6.89. The number of aromatic amines is 1. The summed E-state index contributed by atoms with van der Waals surface area (Å²) in [6.45, 7) is 12.0. The Morgan fingerprint density at radius 1 is 1.15 bits per heavy atom. The number of H-pyrrole nitrogens is 1. The molecule has 108 valence electrons. The molecule has 2 rings (SSSR count). The van der Waals surface area contributed by atoms with Crippen LogP contribution >= 0.6 is 0 Å². The van der Waals surface area contributed by atoms with E-state index in [1.807, 2.05) is 39.0 Å². The van der Waals surface area contributed by atoms with Gasteiger partial charge in [0.15, 0.2) is 5.78 Å². The van der Waals surface area contributed by atoms with Crippen LogP contribution in [0.25, 0.3) is 11.0 Å². The highest BCUT2D eigenvalue weighted by Crippen LogP contribution is 2.24. The molecule has 0 aliphatic carbocycles. The second-order valence-electron chi connectivity index (χ2n) is 7.27. The molecule has 1 aromatic carbocycles. The van der Waals surface area contributed by atoms with Gasteiger partial charge in [0, 0.05) is 16.5 Å². The standard InChI is InChI=1S/C16H23N3O/c1-15(2,3)13(20)10-7-8-11-12(9-10)18-14(17-11)19-16(4,5)6/h7-9H,1-6H3,(H2,17,18,19). The van der Waals surface area contributed by atoms with Crippen molar-refractivity contribution in [1.82, 2.24) is 9.97 Å². The molecule has 0 saturated heterocycles. The Morgan fingerprint density at radius 3 is 2.35 bits per heavy atom. The summed E-state index contributed by atoms with van der Waals surface area (Å²) in [4.78, 5) is 20.0. The Labute approximate surface area is 120 Å². The molecule has 0 spiro atoms. The summed E-state index contributed by atoms with van der Waals surface area (Å²) in [7, 11) is 0. The Balaban J connectivity index is 2.38. The predicted octanol–water partition coefficient (Wildman–Crippen LogP) is 4.00. The van der Waals surface area contributed by atoms with Gasteiger partial charge in [0.05, 0.1) is 11.0 Å². The van der Waals surface area contributed by atoms with E-state index in [-0.39, 0.29) is 16.7 Å². The van der Waals surface area contributed by atoms with Gasteiger partial charge in [-0.05, 0) is 39.0 Å². The van der Waals surface area contributed by atoms with Crippen LogP contribution < -0.4 is 5.32 Å². The van der Waals surface area contributed by atoms with Crippen LogP contribution in [-0.4, -0.2) is 21.3 Å². The monoisotopic (exact) mass is 273 g/mol. The number of ketones is 1. The molecule has 4 nitrogen and oxygen atoms in total. The average molecular weight is 273 g/mol. The van der Waals surface area contributed by atoms with Gasteiger partial charge >= 0.3 is 0 Å². The second kappa shape index (κ2) is 4.62. The smallest absolute Gasteiger partial charge is 0.201 e. The number of carbonyl (C=O) groups excluding carboxylic acids is 1. The first-order chi connectivity index (χ1) is 9.06. The number of rotatable bonds is 2. The zero-order valence-electron chi connectivity index (χ0n) is 13.1. The maximum atomic E-state index is 12.3. The quantitative estimate of drug-likeness (QED) is 0.813. The molecule has 0 unspecified atom stereocenters. The third-order valence-electron chi connectivity index (χ3n) is 2.92. The Bertz CT molecular complexity index is 642. The molecule has 1 heterocycles. The summed E-state index contributed by atoms with van der Waals surface area (Å²) in [5.74, 6) is 0.868. The lowest BCUT2D eigenvalue weighted by Crippen LogP contribution is -2.26. The van der Waals surface area contributed by atoms with Crippen LogP contribution in [0, 0.1) is 5.41 Å². The largest absolute Gasteiger partial charge is 0.351 e. The van der Waals surface area contributed by atoms with Gasteiger partial charge in [-0.25, -0.2) is 4.98 Å². The van der Waals surface area contributed by atoms with E-state index in [1.54, 1.807) is 0 Å². The summed E-state index contributed by atoms with van der Waals surface area (Å²) in [6, 6.07) is 5.61. The van der Waals surface area contributed by atoms with Crippen molar-refractivity contribution in [1.29, 1.82) is 0 Å². The van der Waals surface area contributed by atoms with Crippen molar-refractivity contribution < 1.29 is 4.79 Å². The molecule has 0 atom stereocenters. The van der Waals surface area contributed by atoms with Gasteiger partial charge in [0.25, 0.3) is 0 Å². The van der Waals surface area contributed by atoms with Crippen LogP contribution in [0.5, 0.6) is 0 Å². The molecule has 20 heavy (non-hydrogen) atoms. The van der Waals surface area contributed by atoms with E-state index >= 15 is 0 Å². The van der Waals surface area contributed by atoms with Crippen LogP contribution in [0.3, 0.4) is 0 Å². The van der Waals surface area contributed by atoms with Gasteiger partial charge in [-0.1, -0.05) is 20.8 Å². The lowest BCUT2D eigenvalue weighted by Gasteiger charge is -2.19. The number of hydrogen-bond donors (Lipinski definition) is 2. The number of anilines is 1. The number of aromatic nitrogens is 2. The molecule has 2 N–H and O–H groups in total. The number of nitrogens with one attached hydrogen (secondary N) is 2. The Hall–Kier alpha value is -1.84. The van der Waals surface area contributed by atoms with Crippen LogP contribution in [0.15, 0.2) is 18.2 Å². The number of Topliss-reactive ketones (excluding diaryl/α,β-unsaturated/α-hetero) is 1. The van der Waals surface area contributed by atoms with Gasteiger partial charge in [-0.3, -0.25) is 4.79 Å². The lowest BCUT2D eigenvalue weighted by atomic mass is 9.86. The topological polar surface area (TPSA) is 57.8 Å². The maximum Gasteiger partial charge on any atom is 0.201 e. The molecular weight excluding hydrogens is 250 g/mol. The van der Waals surface area contributed by atoms with E-state index in [1.165, 1.54) is 0 Å². The van der Waals surface area contributed by atoms with Gasteiger partial charge < -0.3 is 10.3 Å². The zero-order valence-corrected chi connectivity index (χ0v) is 13.1. The SMILES string of the molecule is CC(C)(C)Nc1nc2ccc(C(=O)C(C)(C)C)cc2[nH]1. The molecule has 0 radical (unpaired) electrons. The molecule has 0 saturated carbocycles. The summed E-state index contributed by atoms with van der Waals surface area (Å²) in [5, 5.41) is 3.30. The number of nitrogens with zero attached hydrogens (tertiary/aromatic N) is 1. The number of fused-ring (bicyclic) bond motifs is 1. The van der Waals surface area contributed by atoms with Crippen LogP contribution in [0.4, 0.5) is 5.95 Å². The van der Waals surface area contributed by atoms with Crippen molar-refractivity contribution in [2.75, 3.05) is 5.32 Å². The molecular formula is C16H23N3O. The fourth-order valence-electron chi connectivity index (χ4n) is 2.00. The molecule has 2 aromatic rings. The average Bonchev–Trinajstić information content (AvgIpc) is 2.64. The lowest BCUT2D eigenvalue weighted by molar-refractivity contribution is 0.0858. The molecule has 0 aliphatic heterocycles. The molecule has 1 aromatic heterocycles. The van der Waals surface area contributed by atoms with Crippen molar-refractivity contribution >= 4 is 22.8 Å². The van der Waals surface area contributed by atoms with Crippen molar-refractivity contribution in [2.24, 2.45) is 5.41 Å². The normalized spacial score (nSPS) is 12.7. The minimum absolute atomic E-state index is 0.0576. The first-order valence-electron chi connectivity index (χ1n) is 6.89.